The molecule has 55 heavy (non-hydrogen) atoms. The van der Waals surface area contributed by atoms with Gasteiger partial charge in [0.05, 0.1) is 11.6 Å². The predicted octanol–water partition coefficient (Wildman–Crippen LogP) is 13.2. The Kier molecular flexibility index (Phi) is 7.30. The number of nitrogens with zero attached hydrogens (tertiary/aromatic N) is 4. The third-order valence-electron chi connectivity index (χ3n) is 12.0. The first kappa shape index (κ1) is 32.0. The Labute approximate surface area is 323 Å². The maximum atomic E-state index is 9.84. The number of fused-ring (bicyclic) bond motifs is 9. The molecule has 1 saturated carbocycles. The summed E-state index contributed by atoms with van der Waals surface area (Å²) in [5.74, 6) is 1.95. The molecule has 0 bridgehead atoms. The van der Waals surface area contributed by atoms with E-state index < -0.39 is 0 Å². The molecule has 9 aromatic rings. The quantitative estimate of drug-likeness (QED) is 0.181. The van der Waals surface area contributed by atoms with Gasteiger partial charge in [-0.25, -0.2) is 15.0 Å². The highest BCUT2D eigenvalue weighted by Crippen LogP contribution is 2.58. The topological polar surface area (TPSA) is 62.5 Å². The van der Waals surface area contributed by atoms with Crippen molar-refractivity contribution in [3.63, 3.8) is 0 Å². The van der Waals surface area contributed by atoms with E-state index in [0.717, 1.165) is 46.0 Å². The molecule has 7 aromatic carbocycles. The van der Waals surface area contributed by atoms with Crippen LogP contribution in [0.4, 0.5) is 0 Å². The van der Waals surface area contributed by atoms with Crippen LogP contribution in [0.15, 0.2) is 146 Å². The second-order valence-corrected chi connectivity index (χ2v) is 16.1. The van der Waals surface area contributed by atoms with E-state index in [4.69, 9.17) is 15.0 Å². The van der Waals surface area contributed by atoms with Gasteiger partial charge in [0.15, 0.2) is 17.5 Å². The molecule has 2 aliphatic carbocycles. The molecular formula is C50H34N4S. The first-order valence-electron chi connectivity index (χ1n) is 19.1. The largest absolute Gasteiger partial charge is 0.208 e. The summed E-state index contributed by atoms with van der Waals surface area (Å²) in [6.45, 7) is 0. The Morgan fingerprint density at radius 3 is 1.98 bits per heavy atom. The van der Waals surface area contributed by atoms with E-state index >= 15 is 0 Å². The molecule has 0 unspecified atom stereocenters. The Morgan fingerprint density at radius 2 is 1.16 bits per heavy atom. The lowest BCUT2D eigenvalue weighted by molar-refractivity contribution is 0.353. The van der Waals surface area contributed by atoms with Crippen LogP contribution in [0.3, 0.4) is 0 Å². The monoisotopic (exact) mass is 722 g/mol. The molecule has 11 rings (SSSR count). The third kappa shape index (κ3) is 5.13. The lowest BCUT2D eigenvalue weighted by Crippen LogP contribution is -2.28. The molecule has 0 amide bonds. The van der Waals surface area contributed by atoms with E-state index in [0.29, 0.717) is 17.5 Å². The van der Waals surface area contributed by atoms with Gasteiger partial charge in [-0.05, 0) is 87.3 Å². The number of benzene rings is 7. The molecule has 0 saturated heterocycles. The summed E-state index contributed by atoms with van der Waals surface area (Å²) >= 11 is 1.80. The molecular weight excluding hydrogens is 689 g/mol. The van der Waals surface area contributed by atoms with E-state index in [-0.39, 0.29) is 5.41 Å². The lowest BCUT2D eigenvalue weighted by atomic mass is 9.67. The van der Waals surface area contributed by atoms with E-state index in [1.165, 1.54) is 72.6 Å². The fraction of sp³-hybridized carbons (Fsp3) is 0.120. The summed E-state index contributed by atoms with van der Waals surface area (Å²) in [6, 6.07) is 54.2. The van der Waals surface area contributed by atoms with Crippen LogP contribution in [-0.2, 0) is 5.41 Å². The molecule has 0 radical (unpaired) electrons. The van der Waals surface area contributed by atoms with Gasteiger partial charge < -0.3 is 0 Å². The molecule has 2 aliphatic rings. The highest BCUT2D eigenvalue weighted by Gasteiger charge is 2.44. The fourth-order valence-electron chi connectivity index (χ4n) is 9.30. The van der Waals surface area contributed by atoms with Crippen molar-refractivity contribution >= 4 is 42.3 Å². The molecule has 0 N–H and O–H groups in total. The van der Waals surface area contributed by atoms with Crippen molar-refractivity contribution in [3.8, 4) is 62.5 Å². The van der Waals surface area contributed by atoms with Crippen LogP contribution in [0, 0.1) is 11.3 Å². The number of rotatable bonds is 4. The smallest absolute Gasteiger partial charge is 0.164 e. The molecule has 0 aliphatic heterocycles. The summed E-state index contributed by atoms with van der Waals surface area (Å²) in [5, 5.41) is 14.7. The van der Waals surface area contributed by atoms with Gasteiger partial charge in [0.1, 0.15) is 0 Å². The van der Waals surface area contributed by atoms with Gasteiger partial charge >= 0.3 is 0 Å². The molecule has 1 spiro atoms. The van der Waals surface area contributed by atoms with Crippen LogP contribution in [0.5, 0.6) is 0 Å². The van der Waals surface area contributed by atoms with Gasteiger partial charge in [0.25, 0.3) is 0 Å². The molecule has 0 atom stereocenters. The van der Waals surface area contributed by atoms with Crippen molar-refractivity contribution in [2.45, 2.75) is 37.5 Å². The van der Waals surface area contributed by atoms with Crippen molar-refractivity contribution in [2.75, 3.05) is 0 Å². The maximum Gasteiger partial charge on any atom is 0.164 e. The molecule has 260 valence electrons. The summed E-state index contributed by atoms with van der Waals surface area (Å²) in [6.07, 6.45) is 5.94. The van der Waals surface area contributed by atoms with E-state index in [1.807, 2.05) is 6.07 Å². The van der Waals surface area contributed by atoms with Crippen molar-refractivity contribution in [1.29, 1.82) is 5.26 Å². The van der Waals surface area contributed by atoms with Crippen LogP contribution in [-0.4, -0.2) is 15.0 Å². The van der Waals surface area contributed by atoms with E-state index in [1.54, 1.807) is 11.3 Å². The van der Waals surface area contributed by atoms with E-state index in [9.17, 15) is 5.26 Å². The van der Waals surface area contributed by atoms with Gasteiger partial charge in [0, 0.05) is 42.3 Å². The van der Waals surface area contributed by atoms with Crippen LogP contribution >= 0.6 is 11.3 Å². The summed E-state index contributed by atoms with van der Waals surface area (Å²) in [5.41, 5.74) is 11.3. The number of thiophene rings is 1. The Morgan fingerprint density at radius 1 is 0.491 bits per heavy atom. The SMILES string of the molecule is N#Cc1ccc2c(c1)C1(CCCCC1)c1cccc(-c3ccc(-c4nc(-c5ccc6ccccc6c5)nc(-c5ccc6c(c5)sc5ccccc56)n4)cc3)c1-2. The van der Waals surface area contributed by atoms with Crippen LogP contribution < -0.4 is 0 Å². The number of hydrogen-bond donors (Lipinski definition) is 0. The minimum atomic E-state index is -0.0228. The van der Waals surface area contributed by atoms with Crippen molar-refractivity contribution in [3.05, 3.63) is 162 Å². The molecule has 5 heteroatoms. The number of aromatic nitrogens is 3. The average molecular weight is 723 g/mol. The Balaban J connectivity index is 1.04. The third-order valence-corrected chi connectivity index (χ3v) is 13.1. The van der Waals surface area contributed by atoms with Crippen molar-refractivity contribution in [2.24, 2.45) is 0 Å². The van der Waals surface area contributed by atoms with Gasteiger partial charge in [-0.1, -0.05) is 135 Å². The van der Waals surface area contributed by atoms with Crippen molar-refractivity contribution in [1.82, 2.24) is 15.0 Å². The van der Waals surface area contributed by atoms with Crippen LogP contribution in [0.1, 0.15) is 48.8 Å². The lowest BCUT2D eigenvalue weighted by Gasteiger charge is -2.36. The minimum absolute atomic E-state index is 0.0228. The second kappa shape index (κ2) is 12.6. The molecule has 2 heterocycles. The van der Waals surface area contributed by atoms with Crippen LogP contribution in [0.25, 0.3) is 87.4 Å². The highest BCUT2D eigenvalue weighted by atomic mass is 32.1. The maximum absolute atomic E-state index is 9.84. The summed E-state index contributed by atoms with van der Waals surface area (Å²) in [7, 11) is 0. The highest BCUT2D eigenvalue weighted by molar-refractivity contribution is 7.25. The summed E-state index contributed by atoms with van der Waals surface area (Å²) < 4.78 is 2.49. The number of nitriles is 1. The first-order valence-corrected chi connectivity index (χ1v) is 19.9. The first-order chi connectivity index (χ1) is 27.1. The fourth-order valence-corrected chi connectivity index (χ4v) is 10.4. The molecule has 1 fully saturated rings. The average Bonchev–Trinajstić information content (AvgIpc) is 3.76. The zero-order chi connectivity index (χ0) is 36.5. The van der Waals surface area contributed by atoms with Gasteiger partial charge in [0.2, 0.25) is 0 Å². The Bertz CT molecular complexity index is 3040. The zero-order valence-corrected chi connectivity index (χ0v) is 30.9. The van der Waals surface area contributed by atoms with Gasteiger partial charge in [-0.15, -0.1) is 11.3 Å². The minimum Gasteiger partial charge on any atom is -0.208 e. The van der Waals surface area contributed by atoms with Gasteiger partial charge in [-0.3, -0.25) is 0 Å². The summed E-state index contributed by atoms with van der Waals surface area (Å²) in [4.78, 5) is 15.4. The molecule has 2 aromatic heterocycles. The molecule has 4 nitrogen and oxygen atoms in total. The normalized spacial score (nSPS) is 14.3. The predicted molar refractivity (Wildman–Crippen MR) is 226 cm³/mol. The van der Waals surface area contributed by atoms with Crippen LogP contribution in [0.2, 0.25) is 0 Å². The number of hydrogen-bond acceptors (Lipinski definition) is 5. The Hall–Kier alpha value is -6.48. The van der Waals surface area contributed by atoms with Gasteiger partial charge in [-0.2, -0.15) is 5.26 Å². The van der Waals surface area contributed by atoms with E-state index in [2.05, 4.69) is 146 Å². The van der Waals surface area contributed by atoms with Crippen molar-refractivity contribution < 1.29 is 0 Å². The zero-order valence-electron chi connectivity index (χ0n) is 30.1. The second-order valence-electron chi connectivity index (χ2n) is 15.0. The standard InChI is InChI=1S/C50H34N4S/c51-30-31-15-23-41-43(27-31)50(25-6-1-7-26-50)42-13-8-12-38(46(41)42)33-17-19-34(20-18-33)47-52-48(36-21-16-32-9-2-3-10-35(32)28-36)54-49(53-47)37-22-24-40-39-11-4-5-14-44(39)55-45(40)29-37/h2-5,8-24,27-29H,1,6-7,25-26H2.